The minimum atomic E-state index is -0.0828. The Balaban J connectivity index is 1.68. The summed E-state index contributed by atoms with van der Waals surface area (Å²) in [5, 5.41) is 0. The predicted molar refractivity (Wildman–Crippen MR) is 85.5 cm³/mol. The SMILES string of the molecule is CN1CCN(c2cc3c(cc2F)C=CCN3C2CC2)CC1. The molecule has 2 heterocycles. The number of nitrogens with zero attached hydrogens (tertiary/aromatic N) is 3. The molecule has 1 aromatic carbocycles. The smallest absolute Gasteiger partial charge is 0.147 e. The molecule has 2 fully saturated rings. The van der Waals surface area contributed by atoms with Crippen LogP contribution in [0.15, 0.2) is 18.2 Å². The molecule has 0 aromatic heterocycles. The van der Waals surface area contributed by atoms with Crippen LogP contribution in [0.3, 0.4) is 0 Å². The molecular weight excluding hydrogens is 265 g/mol. The first kappa shape index (κ1) is 13.1. The number of likely N-dealkylation sites (N-methyl/N-ethyl adjacent to an activating group) is 1. The first-order chi connectivity index (χ1) is 10.2. The number of hydrogen-bond donors (Lipinski definition) is 0. The molecule has 1 aliphatic carbocycles. The van der Waals surface area contributed by atoms with Gasteiger partial charge in [0, 0.05) is 50.0 Å². The topological polar surface area (TPSA) is 9.72 Å². The van der Waals surface area contributed by atoms with Gasteiger partial charge in [-0.05, 0) is 32.0 Å². The van der Waals surface area contributed by atoms with E-state index in [2.05, 4.69) is 40.0 Å². The Kier molecular flexibility index (Phi) is 3.14. The highest BCUT2D eigenvalue weighted by molar-refractivity contribution is 5.76. The maximum Gasteiger partial charge on any atom is 0.147 e. The molecule has 0 unspecified atom stereocenters. The van der Waals surface area contributed by atoms with E-state index in [0.717, 1.165) is 44.0 Å². The van der Waals surface area contributed by atoms with Crippen molar-refractivity contribution in [3.8, 4) is 0 Å². The fourth-order valence-corrected chi connectivity index (χ4v) is 3.36. The summed E-state index contributed by atoms with van der Waals surface area (Å²) in [4.78, 5) is 6.93. The van der Waals surface area contributed by atoms with Gasteiger partial charge in [0.15, 0.2) is 0 Å². The molecule has 0 N–H and O–H groups in total. The summed E-state index contributed by atoms with van der Waals surface area (Å²) < 4.78 is 14.5. The third-order valence-electron chi connectivity index (χ3n) is 4.84. The summed E-state index contributed by atoms with van der Waals surface area (Å²) in [7, 11) is 2.13. The molecule has 112 valence electrons. The van der Waals surface area contributed by atoms with Crippen LogP contribution in [-0.2, 0) is 0 Å². The fraction of sp³-hybridized carbons (Fsp3) is 0.529. The van der Waals surface area contributed by atoms with Gasteiger partial charge in [0.1, 0.15) is 5.82 Å². The summed E-state index contributed by atoms with van der Waals surface area (Å²) in [6.07, 6.45) is 6.75. The number of rotatable bonds is 2. The number of piperazine rings is 1. The van der Waals surface area contributed by atoms with E-state index in [-0.39, 0.29) is 5.82 Å². The average molecular weight is 287 g/mol. The molecule has 2 aliphatic heterocycles. The second-order valence-electron chi connectivity index (χ2n) is 6.44. The molecule has 0 amide bonds. The molecule has 1 saturated heterocycles. The van der Waals surface area contributed by atoms with Crippen LogP contribution in [0.25, 0.3) is 6.08 Å². The van der Waals surface area contributed by atoms with Gasteiger partial charge in [-0.25, -0.2) is 4.39 Å². The van der Waals surface area contributed by atoms with Gasteiger partial charge in [0.2, 0.25) is 0 Å². The number of halogens is 1. The number of hydrogen-bond acceptors (Lipinski definition) is 3. The quantitative estimate of drug-likeness (QED) is 0.828. The molecule has 4 heteroatoms. The summed E-state index contributed by atoms with van der Waals surface area (Å²) in [5.74, 6) is -0.0828. The van der Waals surface area contributed by atoms with E-state index >= 15 is 0 Å². The Morgan fingerprint density at radius 2 is 1.81 bits per heavy atom. The van der Waals surface area contributed by atoms with Gasteiger partial charge < -0.3 is 14.7 Å². The molecule has 0 bridgehead atoms. The lowest BCUT2D eigenvalue weighted by molar-refractivity contribution is 0.311. The van der Waals surface area contributed by atoms with Crippen LogP contribution in [0.1, 0.15) is 18.4 Å². The van der Waals surface area contributed by atoms with E-state index in [1.54, 1.807) is 6.07 Å². The van der Waals surface area contributed by atoms with E-state index in [4.69, 9.17) is 0 Å². The fourth-order valence-electron chi connectivity index (χ4n) is 3.36. The Morgan fingerprint density at radius 1 is 1.05 bits per heavy atom. The Labute approximate surface area is 125 Å². The highest BCUT2D eigenvalue weighted by Crippen LogP contribution is 2.39. The maximum absolute atomic E-state index is 14.5. The van der Waals surface area contributed by atoms with Crippen molar-refractivity contribution >= 4 is 17.5 Å². The van der Waals surface area contributed by atoms with Crippen LogP contribution < -0.4 is 9.80 Å². The van der Waals surface area contributed by atoms with E-state index in [1.165, 1.54) is 18.5 Å². The molecule has 0 radical (unpaired) electrons. The molecule has 1 saturated carbocycles. The normalized spacial score (nSPS) is 22.6. The van der Waals surface area contributed by atoms with Crippen LogP contribution in [0, 0.1) is 5.82 Å². The monoisotopic (exact) mass is 287 g/mol. The molecule has 21 heavy (non-hydrogen) atoms. The van der Waals surface area contributed by atoms with Crippen molar-refractivity contribution < 1.29 is 4.39 Å². The Morgan fingerprint density at radius 3 is 2.52 bits per heavy atom. The molecule has 4 rings (SSSR count). The van der Waals surface area contributed by atoms with Crippen molar-refractivity contribution in [2.45, 2.75) is 18.9 Å². The van der Waals surface area contributed by atoms with Crippen molar-refractivity contribution in [2.75, 3.05) is 49.6 Å². The first-order valence-corrected chi connectivity index (χ1v) is 7.92. The summed E-state index contributed by atoms with van der Waals surface area (Å²) >= 11 is 0. The van der Waals surface area contributed by atoms with E-state index in [0.29, 0.717) is 6.04 Å². The van der Waals surface area contributed by atoms with Crippen LogP contribution in [0.4, 0.5) is 15.8 Å². The molecule has 0 atom stereocenters. The molecule has 0 spiro atoms. The number of anilines is 2. The molecular formula is C17H22FN3. The van der Waals surface area contributed by atoms with Crippen molar-refractivity contribution in [1.29, 1.82) is 0 Å². The number of fused-ring (bicyclic) bond motifs is 1. The van der Waals surface area contributed by atoms with Gasteiger partial charge >= 0.3 is 0 Å². The van der Waals surface area contributed by atoms with E-state index < -0.39 is 0 Å². The standard InChI is InChI=1S/C17H22FN3/c1-19-7-9-20(10-8-19)17-12-16-13(11-15(17)18)3-2-6-21(16)14-4-5-14/h2-3,11-12,14H,4-10H2,1H3. The Bertz CT molecular complexity index is 572. The van der Waals surface area contributed by atoms with Gasteiger partial charge in [-0.1, -0.05) is 12.2 Å². The van der Waals surface area contributed by atoms with Crippen LogP contribution in [0.2, 0.25) is 0 Å². The maximum atomic E-state index is 14.5. The summed E-state index contributed by atoms with van der Waals surface area (Å²) in [6.45, 7) is 4.79. The average Bonchev–Trinajstić information content (AvgIpc) is 3.31. The van der Waals surface area contributed by atoms with Crippen molar-refractivity contribution in [2.24, 2.45) is 0 Å². The third-order valence-corrected chi connectivity index (χ3v) is 4.84. The third kappa shape index (κ3) is 2.42. The van der Waals surface area contributed by atoms with Crippen molar-refractivity contribution in [3.63, 3.8) is 0 Å². The lowest BCUT2D eigenvalue weighted by atomic mass is 10.1. The minimum absolute atomic E-state index is 0.0828. The Hall–Kier alpha value is -1.55. The van der Waals surface area contributed by atoms with Crippen LogP contribution in [-0.4, -0.2) is 50.7 Å². The van der Waals surface area contributed by atoms with Crippen molar-refractivity contribution in [1.82, 2.24) is 4.90 Å². The van der Waals surface area contributed by atoms with Gasteiger partial charge in [0.25, 0.3) is 0 Å². The second-order valence-corrected chi connectivity index (χ2v) is 6.44. The zero-order valence-electron chi connectivity index (χ0n) is 12.6. The largest absolute Gasteiger partial charge is 0.367 e. The van der Waals surface area contributed by atoms with E-state index in [9.17, 15) is 4.39 Å². The van der Waals surface area contributed by atoms with Crippen LogP contribution >= 0.6 is 0 Å². The van der Waals surface area contributed by atoms with Gasteiger partial charge in [0.05, 0.1) is 5.69 Å². The lowest BCUT2D eigenvalue weighted by Crippen LogP contribution is -2.45. The first-order valence-electron chi connectivity index (χ1n) is 7.92. The van der Waals surface area contributed by atoms with Gasteiger partial charge in [-0.15, -0.1) is 0 Å². The zero-order chi connectivity index (χ0) is 14.4. The summed E-state index contributed by atoms with van der Waals surface area (Å²) in [6, 6.07) is 4.46. The lowest BCUT2D eigenvalue weighted by Gasteiger charge is -2.36. The molecule has 1 aromatic rings. The molecule has 3 aliphatic rings. The second kappa shape index (κ2) is 5.02. The minimum Gasteiger partial charge on any atom is -0.367 e. The van der Waals surface area contributed by atoms with E-state index in [1.807, 2.05) is 0 Å². The summed E-state index contributed by atoms with van der Waals surface area (Å²) in [5.41, 5.74) is 3.03. The van der Waals surface area contributed by atoms with Gasteiger partial charge in [-0.3, -0.25) is 0 Å². The number of benzene rings is 1. The highest BCUT2D eigenvalue weighted by Gasteiger charge is 2.31. The predicted octanol–water partition coefficient (Wildman–Crippen LogP) is 2.57. The van der Waals surface area contributed by atoms with Crippen LogP contribution in [0.5, 0.6) is 0 Å². The highest BCUT2D eigenvalue weighted by atomic mass is 19.1. The zero-order valence-corrected chi connectivity index (χ0v) is 12.6. The molecule has 3 nitrogen and oxygen atoms in total. The van der Waals surface area contributed by atoms with Crippen molar-refractivity contribution in [3.05, 3.63) is 29.6 Å². The van der Waals surface area contributed by atoms with Gasteiger partial charge in [-0.2, -0.15) is 0 Å².